The Labute approximate surface area is 132 Å². The summed E-state index contributed by atoms with van der Waals surface area (Å²) in [7, 11) is 0. The van der Waals surface area contributed by atoms with Crippen LogP contribution in [0.1, 0.15) is 24.2 Å². The van der Waals surface area contributed by atoms with Crippen LogP contribution in [0, 0.1) is 5.82 Å². The maximum atomic E-state index is 13.6. The maximum Gasteiger partial charge on any atom is 0.237 e. The SMILES string of the molecule is CC(=O)c1ccc(NC(=O)[C@H](C)Sc2ccccc2F)cc1. The molecule has 0 saturated heterocycles. The van der Waals surface area contributed by atoms with Crippen LogP contribution >= 0.6 is 11.8 Å². The minimum atomic E-state index is -0.440. The normalized spacial score (nSPS) is 11.8. The van der Waals surface area contributed by atoms with Gasteiger partial charge >= 0.3 is 0 Å². The van der Waals surface area contributed by atoms with E-state index >= 15 is 0 Å². The highest BCUT2D eigenvalue weighted by Gasteiger charge is 2.16. The van der Waals surface area contributed by atoms with Gasteiger partial charge in [-0.25, -0.2) is 4.39 Å². The molecule has 2 aromatic carbocycles. The van der Waals surface area contributed by atoms with E-state index in [0.29, 0.717) is 16.1 Å². The average Bonchev–Trinajstić information content (AvgIpc) is 2.50. The molecular weight excluding hydrogens is 301 g/mol. The summed E-state index contributed by atoms with van der Waals surface area (Å²) in [5, 5.41) is 2.31. The highest BCUT2D eigenvalue weighted by atomic mass is 32.2. The van der Waals surface area contributed by atoms with Crippen LogP contribution in [0.2, 0.25) is 0 Å². The summed E-state index contributed by atoms with van der Waals surface area (Å²) in [6.45, 7) is 3.21. The van der Waals surface area contributed by atoms with Crippen molar-refractivity contribution in [2.24, 2.45) is 0 Å². The van der Waals surface area contributed by atoms with Crippen molar-refractivity contribution in [3.05, 3.63) is 59.9 Å². The lowest BCUT2D eigenvalue weighted by atomic mass is 10.1. The van der Waals surface area contributed by atoms with Gasteiger partial charge in [-0.05, 0) is 50.2 Å². The summed E-state index contributed by atoms with van der Waals surface area (Å²) < 4.78 is 13.6. The summed E-state index contributed by atoms with van der Waals surface area (Å²) in [6.07, 6.45) is 0. The third-order valence-electron chi connectivity index (χ3n) is 3.07. The van der Waals surface area contributed by atoms with Gasteiger partial charge in [-0.2, -0.15) is 0 Å². The Balaban J connectivity index is 1.99. The first-order valence-corrected chi connectivity index (χ1v) is 7.68. The van der Waals surface area contributed by atoms with E-state index in [1.54, 1.807) is 49.4 Å². The Hall–Kier alpha value is -2.14. The molecule has 0 radical (unpaired) electrons. The Morgan fingerprint density at radius 1 is 1.09 bits per heavy atom. The predicted molar refractivity (Wildman–Crippen MR) is 86.8 cm³/mol. The molecule has 0 aromatic heterocycles. The predicted octanol–water partition coefficient (Wildman–Crippen LogP) is 4.15. The lowest BCUT2D eigenvalue weighted by Crippen LogP contribution is -2.22. The van der Waals surface area contributed by atoms with Crippen LogP contribution in [0.3, 0.4) is 0 Å². The van der Waals surface area contributed by atoms with Gasteiger partial charge in [0.1, 0.15) is 5.82 Å². The van der Waals surface area contributed by atoms with Crippen molar-refractivity contribution in [1.29, 1.82) is 0 Å². The zero-order valence-corrected chi connectivity index (χ0v) is 13.1. The molecule has 0 fully saturated rings. The summed E-state index contributed by atoms with van der Waals surface area (Å²) in [5.74, 6) is -0.580. The standard InChI is InChI=1S/C17H16FNO2S/c1-11(20)13-7-9-14(10-8-13)19-17(21)12(2)22-16-6-4-3-5-15(16)18/h3-10,12H,1-2H3,(H,19,21)/t12-/m0/s1. The summed E-state index contributed by atoms with van der Waals surface area (Å²) in [6, 6.07) is 13.0. The van der Waals surface area contributed by atoms with E-state index in [2.05, 4.69) is 5.32 Å². The van der Waals surface area contributed by atoms with Gasteiger partial charge in [0.25, 0.3) is 0 Å². The number of anilines is 1. The number of rotatable bonds is 5. The molecule has 2 aromatic rings. The molecule has 0 aliphatic carbocycles. The van der Waals surface area contributed by atoms with E-state index in [1.807, 2.05) is 0 Å². The van der Waals surface area contributed by atoms with Crippen molar-refractivity contribution in [1.82, 2.24) is 0 Å². The van der Waals surface area contributed by atoms with E-state index in [0.717, 1.165) is 11.8 Å². The minimum Gasteiger partial charge on any atom is -0.325 e. The van der Waals surface area contributed by atoms with E-state index in [4.69, 9.17) is 0 Å². The smallest absolute Gasteiger partial charge is 0.237 e. The zero-order chi connectivity index (χ0) is 16.1. The number of nitrogens with one attached hydrogen (secondary N) is 1. The summed E-state index contributed by atoms with van der Waals surface area (Å²) in [4.78, 5) is 23.8. The van der Waals surface area contributed by atoms with Crippen molar-refractivity contribution >= 4 is 29.1 Å². The average molecular weight is 317 g/mol. The molecule has 114 valence electrons. The first-order chi connectivity index (χ1) is 10.5. The van der Waals surface area contributed by atoms with Gasteiger partial charge in [-0.1, -0.05) is 12.1 Å². The molecular formula is C17H16FNO2S. The second kappa shape index (κ2) is 7.22. The first-order valence-electron chi connectivity index (χ1n) is 6.80. The fourth-order valence-corrected chi connectivity index (χ4v) is 2.70. The number of carbonyl (C=O) groups is 2. The van der Waals surface area contributed by atoms with Crippen LogP contribution in [-0.2, 0) is 4.79 Å². The molecule has 0 spiro atoms. The van der Waals surface area contributed by atoms with Gasteiger partial charge < -0.3 is 5.32 Å². The van der Waals surface area contributed by atoms with Crippen molar-refractivity contribution in [3.63, 3.8) is 0 Å². The molecule has 0 bridgehead atoms. The zero-order valence-electron chi connectivity index (χ0n) is 12.3. The molecule has 0 saturated carbocycles. The number of benzene rings is 2. The van der Waals surface area contributed by atoms with Gasteiger partial charge in [-0.3, -0.25) is 9.59 Å². The van der Waals surface area contributed by atoms with Crippen LogP contribution in [0.4, 0.5) is 10.1 Å². The van der Waals surface area contributed by atoms with E-state index in [-0.39, 0.29) is 17.5 Å². The number of Topliss-reactive ketones (excluding diaryl/α,β-unsaturated/α-hetero) is 1. The molecule has 0 aliphatic rings. The lowest BCUT2D eigenvalue weighted by Gasteiger charge is -2.12. The number of thioether (sulfide) groups is 1. The molecule has 0 aliphatic heterocycles. The van der Waals surface area contributed by atoms with Crippen LogP contribution in [0.25, 0.3) is 0 Å². The summed E-state index contributed by atoms with van der Waals surface area (Å²) >= 11 is 1.16. The second-order valence-electron chi connectivity index (χ2n) is 4.81. The topological polar surface area (TPSA) is 46.2 Å². The molecule has 2 rings (SSSR count). The molecule has 5 heteroatoms. The molecule has 0 unspecified atom stereocenters. The van der Waals surface area contributed by atoms with Crippen LogP contribution in [-0.4, -0.2) is 16.9 Å². The van der Waals surface area contributed by atoms with E-state index in [9.17, 15) is 14.0 Å². The minimum absolute atomic E-state index is 0.0265. The Morgan fingerprint density at radius 2 is 1.73 bits per heavy atom. The van der Waals surface area contributed by atoms with E-state index < -0.39 is 5.25 Å². The van der Waals surface area contributed by atoms with Gasteiger partial charge in [-0.15, -0.1) is 11.8 Å². The Bertz CT molecular complexity index is 685. The van der Waals surface area contributed by atoms with Gasteiger partial charge in [0.2, 0.25) is 5.91 Å². The van der Waals surface area contributed by atoms with Crippen LogP contribution in [0.15, 0.2) is 53.4 Å². The monoisotopic (exact) mass is 317 g/mol. The van der Waals surface area contributed by atoms with Crippen molar-refractivity contribution < 1.29 is 14.0 Å². The molecule has 1 N–H and O–H groups in total. The van der Waals surface area contributed by atoms with Crippen molar-refractivity contribution in [3.8, 4) is 0 Å². The molecule has 0 heterocycles. The van der Waals surface area contributed by atoms with Gasteiger partial charge in [0.15, 0.2) is 5.78 Å². The Kier molecular flexibility index (Phi) is 5.33. The van der Waals surface area contributed by atoms with Gasteiger partial charge in [0, 0.05) is 16.1 Å². The largest absolute Gasteiger partial charge is 0.325 e. The maximum absolute atomic E-state index is 13.6. The lowest BCUT2D eigenvalue weighted by molar-refractivity contribution is -0.115. The van der Waals surface area contributed by atoms with Crippen LogP contribution in [0.5, 0.6) is 0 Å². The summed E-state index contributed by atoms with van der Waals surface area (Å²) in [5.41, 5.74) is 1.20. The molecule has 1 amide bonds. The van der Waals surface area contributed by atoms with E-state index in [1.165, 1.54) is 13.0 Å². The third kappa shape index (κ3) is 4.18. The molecule has 1 atom stereocenters. The highest BCUT2D eigenvalue weighted by molar-refractivity contribution is 8.00. The molecule has 3 nitrogen and oxygen atoms in total. The third-order valence-corrected chi connectivity index (χ3v) is 4.22. The van der Waals surface area contributed by atoms with Crippen LogP contribution < -0.4 is 5.32 Å². The number of hydrogen-bond acceptors (Lipinski definition) is 3. The Morgan fingerprint density at radius 3 is 2.32 bits per heavy atom. The van der Waals surface area contributed by atoms with Gasteiger partial charge in [0.05, 0.1) is 5.25 Å². The van der Waals surface area contributed by atoms with Crippen molar-refractivity contribution in [2.75, 3.05) is 5.32 Å². The fourth-order valence-electron chi connectivity index (χ4n) is 1.82. The second-order valence-corrected chi connectivity index (χ2v) is 6.20. The quantitative estimate of drug-likeness (QED) is 0.665. The number of ketones is 1. The molecule has 22 heavy (non-hydrogen) atoms. The number of carbonyl (C=O) groups excluding carboxylic acids is 2. The fraction of sp³-hybridized carbons (Fsp3) is 0.176. The number of halogens is 1. The highest BCUT2D eigenvalue weighted by Crippen LogP contribution is 2.26. The number of amides is 1. The van der Waals surface area contributed by atoms with Crippen molar-refractivity contribution in [2.45, 2.75) is 24.0 Å². The first kappa shape index (κ1) is 16.2. The number of hydrogen-bond donors (Lipinski definition) is 1.